The number of nitrogens with zero attached hydrogens (tertiary/aromatic N) is 2. The van der Waals surface area contributed by atoms with E-state index in [-0.39, 0.29) is 51.4 Å². The Bertz CT molecular complexity index is 200. The molecule has 0 aliphatic carbocycles. The molecule has 0 saturated carbocycles. The topological polar surface area (TPSA) is 48.8 Å². The van der Waals surface area contributed by atoms with Crippen LogP contribution in [0.15, 0.2) is 24.7 Å². The SMILES string of the molecule is [K+].[O-]C=Cc1ncccn1. The molecule has 0 bridgehead atoms. The molecule has 10 heavy (non-hydrogen) atoms. The van der Waals surface area contributed by atoms with Crippen LogP contribution in [0, 0.1) is 0 Å². The normalized spacial score (nSPS) is 9.20. The van der Waals surface area contributed by atoms with E-state index >= 15 is 0 Å². The summed E-state index contributed by atoms with van der Waals surface area (Å²) in [7, 11) is 0. The van der Waals surface area contributed by atoms with E-state index in [1.807, 2.05) is 0 Å². The minimum absolute atomic E-state index is 0. The molecule has 0 aromatic carbocycles. The maximum Gasteiger partial charge on any atom is 1.00 e. The van der Waals surface area contributed by atoms with Crippen molar-refractivity contribution >= 4 is 6.08 Å². The number of hydrogen-bond donors (Lipinski definition) is 0. The van der Waals surface area contributed by atoms with Crippen LogP contribution in [0.4, 0.5) is 0 Å². The maximum atomic E-state index is 9.84. The van der Waals surface area contributed by atoms with Crippen molar-refractivity contribution in [2.45, 2.75) is 0 Å². The predicted octanol–water partition coefficient (Wildman–Crippen LogP) is -3.19. The van der Waals surface area contributed by atoms with Crippen LogP contribution in [0.5, 0.6) is 0 Å². The van der Waals surface area contributed by atoms with Gasteiger partial charge in [0.1, 0.15) is 0 Å². The van der Waals surface area contributed by atoms with Gasteiger partial charge < -0.3 is 5.11 Å². The Hall–Kier alpha value is 0.256. The zero-order chi connectivity index (χ0) is 6.53. The molecule has 0 spiro atoms. The number of rotatable bonds is 1. The van der Waals surface area contributed by atoms with Gasteiger partial charge in [0, 0.05) is 12.4 Å². The van der Waals surface area contributed by atoms with E-state index in [0.717, 1.165) is 0 Å². The number of aromatic nitrogens is 2. The van der Waals surface area contributed by atoms with E-state index in [4.69, 9.17) is 0 Å². The molecule has 0 aliphatic heterocycles. The monoisotopic (exact) mass is 160 g/mol. The fourth-order valence-corrected chi connectivity index (χ4v) is 0.458. The molecule has 1 rings (SSSR count). The Morgan fingerprint density at radius 3 is 2.40 bits per heavy atom. The predicted molar refractivity (Wildman–Crippen MR) is 31.1 cm³/mol. The first-order chi connectivity index (χ1) is 4.43. The third-order valence-electron chi connectivity index (χ3n) is 0.803. The zero-order valence-corrected chi connectivity index (χ0v) is 8.81. The molecule has 1 aromatic heterocycles. The molecule has 4 heteroatoms. The Morgan fingerprint density at radius 1 is 1.30 bits per heavy atom. The van der Waals surface area contributed by atoms with Gasteiger partial charge in [-0.2, -0.15) is 0 Å². The van der Waals surface area contributed by atoms with Gasteiger partial charge in [0.15, 0.2) is 5.82 Å². The molecular weight excluding hydrogens is 155 g/mol. The Labute approximate surface area is 102 Å². The van der Waals surface area contributed by atoms with Crippen LogP contribution >= 0.6 is 0 Å². The molecule has 0 N–H and O–H groups in total. The van der Waals surface area contributed by atoms with E-state index in [0.29, 0.717) is 12.1 Å². The molecule has 1 heterocycles. The first-order valence-electron chi connectivity index (χ1n) is 2.49. The van der Waals surface area contributed by atoms with E-state index in [9.17, 15) is 5.11 Å². The van der Waals surface area contributed by atoms with Gasteiger partial charge >= 0.3 is 51.4 Å². The fourth-order valence-electron chi connectivity index (χ4n) is 0.458. The van der Waals surface area contributed by atoms with E-state index in [1.165, 1.54) is 6.08 Å². The molecule has 46 valence electrons. The van der Waals surface area contributed by atoms with E-state index in [1.54, 1.807) is 18.5 Å². The second kappa shape index (κ2) is 6.00. The third-order valence-corrected chi connectivity index (χ3v) is 0.803. The van der Waals surface area contributed by atoms with Gasteiger partial charge in [-0.05, 0) is 12.1 Å². The molecule has 0 aliphatic rings. The summed E-state index contributed by atoms with van der Waals surface area (Å²) in [5, 5.41) is 9.84. The van der Waals surface area contributed by atoms with Crippen molar-refractivity contribution in [2.24, 2.45) is 0 Å². The Balaban J connectivity index is 0.000000810. The standard InChI is InChI=1S/C6H6N2O.K/c9-5-2-6-7-3-1-4-8-6;/h1-5,9H;/q;+1/p-1. The number of hydrogen-bond acceptors (Lipinski definition) is 3. The fraction of sp³-hybridized carbons (Fsp3) is 0. The first kappa shape index (κ1) is 10.3. The summed E-state index contributed by atoms with van der Waals surface area (Å²) in [6.45, 7) is 0. The smallest absolute Gasteiger partial charge is 0.878 e. The van der Waals surface area contributed by atoms with Crippen molar-refractivity contribution in [1.82, 2.24) is 9.97 Å². The molecule has 0 atom stereocenters. The van der Waals surface area contributed by atoms with Crippen LogP contribution in [-0.4, -0.2) is 9.97 Å². The first-order valence-corrected chi connectivity index (χ1v) is 2.49. The summed E-state index contributed by atoms with van der Waals surface area (Å²) in [6.07, 6.45) is 5.14. The summed E-state index contributed by atoms with van der Waals surface area (Å²) < 4.78 is 0. The van der Waals surface area contributed by atoms with Crippen molar-refractivity contribution in [2.75, 3.05) is 0 Å². The summed E-state index contributed by atoms with van der Waals surface area (Å²) in [4.78, 5) is 7.54. The minimum Gasteiger partial charge on any atom is -0.878 e. The van der Waals surface area contributed by atoms with Crippen LogP contribution in [0.25, 0.3) is 6.08 Å². The maximum absolute atomic E-state index is 9.84. The molecule has 3 nitrogen and oxygen atoms in total. The van der Waals surface area contributed by atoms with Gasteiger partial charge in [-0.25, -0.2) is 9.97 Å². The molecule has 0 fully saturated rings. The third kappa shape index (κ3) is 3.43. The summed E-state index contributed by atoms with van der Waals surface area (Å²) >= 11 is 0. The largest absolute Gasteiger partial charge is 1.00 e. The average Bonchev–Trinajstić information content (AvgIpc) is 1.91. The van der Waals surface area contributed by atoms with Gasteiger partial charge in [0.25, 0.3) is 0 Å². The van der Waals surface area contributed by atoms with Crippen molar-refractivity contribution in [3.63, 3.8) is 0 Å². The van der Waals surface area contributed by atoms with Crippen molar-refractivity contribution in [3.05, 3.63) is 30.5 Å². The van der Waals surface area contributed by atoms with Crippen molar-refractivity contribution in [3.8, 4) is 0 Å². The molecule has 0 amide bonds. The second-order valence-electron chi connectivity index (χ2n) is 1.41. The van der Waals surface area contributed by atoms with Gasteiger partial charge in [-0.1, -0.05) is 0 Å². The van der Waals surface area contributed by atoms with Crippen LogP contribution in [0.3, 0.4) is 0 Å². The van der Waals surface area contributed by atoms with Gasteiger partial charge in [0.2, 0.25) is 0 Å². The summed E-state index contributed by atoms with van der Waals surface area (Å²) in [5.41, 5.74) is 0. The molecule has 0 radical (unpaired) electrons. The molecule has 0 unspecified atom stereocenters. The van der Waals surface area contributed by atoms with E-state index < -0.39 is 0 Å². The van der Waals surface area contributed by atoms with Gasteiger partial charge in [-0.15, -0.1) is 6.26 Å². The quantitative estimate of drug-likeness (QED) is 0.321. The summed E-state index contributed by atoms with van der Waals surface area (Å²) in [5.74, 6) is 0.451. The Kier molecular flexibility index (Phi) is 6.15. The molecule has 0 saturated heterocycles. The van der Waals surface area contributed by atoms with Crippen LogP contribution in [0.1, 0.15) is 5.82 Å². The molecule has 1 aromatic rings. The Morgan fingerprint density at radius 2 is 1.90 bits per heavy atom. The zero-order valence-electron chi connectivity index (χ0n) is 5.69. The van der Waals surface area contributed by atoms with Crippen molar-refractivity contribution in [1.29, 1.82) is 0 Å². The van der Waals surface area contributed by atoms with Gasteiger partial charge in [-0.3, -0.25) is 0 Å². The van der Waals surface area contributed by atoms with Crippen LogP contribution in [-0.2, 0) is 0 Å². The van der Waals surface area contributed by atoms with E-state index in [2.05, 4.69) is 9.97 Å². The van der Waals surface area contributed by atoms with Gasteiger partial charge in [0.05, 0.1) is 0 Å². The minimum atomic E-state index is 0. The summed E-state index contributed by atoms with van der Waals surface area (Å²) in [6, 6.07) is 1.70. The van der Waals surface area contributed by atoms with Crippen molar-refractivity contribution < 1.29 is 56.5 Å². The average molecular weight is 160 g/mol. The van der Waals surface area contributed by atoms with Crippen LogP contribution in [0.2, 0.25) is 0 Å². The second-order valence-corrected chi connectivity index (χ2v) is 1.41. The molecular formula is C6H5KN2O. The van der Waals surface area contributed by atoms with Crippen LogP contribution < -0.4 is 56.5 Å².